The van der Waals surface area contributed by atoms with E-state index in [9.17, 15) is 4.79 Å². The van der Waals surface area contributed by atoms with Gasteiger partial charge in [0.05, 0.1) is 0 Å². The third-order valence-electron chi connectivity index (χ3n) is 4.58. The van der Waals surface area contributed by atoms with Gasteiger partial charge in [-0.05, 0) is 43.2 Å². The zero-order chi connectivity index (χ0) is 18.6. The normalized spacial score (nSPS) is 15.3. The molecule has 1 aromatic rings. The van der Waals surface area contributed by atoms with E-state index < -0.39 is 0 Å². The lowest BCUT2D eigenvalue weighted by Gasteiger charge is -2.16. The number of nitrogens with zero attached hydrogens (tertiary/aromatic N) is 1. The molecule has 0 saturated heterocycles. The zero-order valence-electron chi connectivity index (χ0n) is 15.9. The van der Waals surface area contributed by atoms with Gasteiger partial charge in [-0.1, -0.05) is 44.2 Å². The number of pyridine rings is 1. The predicted octanol–water partition coefficient (Wildman–Crippen LogP) is 3.83. The fourth-order valence-corrected chi connectivity index (χ4v) is 2.99. The molecule has 5 nitrogen and oxygen atoms in total. The van der Waals surface area contributed by atoms with Gasteiger partial charge in [0.15, 0.2) is 0 Å². The molecule has 3 N–H and O–H groups in total. The SMILES string of the molecule is C=C/C=C\C(C)CCNC(=O)NCCc1ccc2c(n1)NCCCCC2. The molecule has 0 spiro atoms. The summed E-state index contributed by atoms with van der Waals surface area (Å²) < 4.78 is 0. The summed E-state index contributed by atoms with van der Waals surface area (Å²) in [7, 11) is 0. The highest BCUT2D eigenvalue weighted by molar-refractivity contribution is 5.73. The Bertz CT molecular complexity index is 612. The zero-order valence-corrected chi connectivity index (χ0v) is 15.9. The average molecular weight is 357 g/mol. The van der Waals surface area contributed by atoms with Crippen LogP contribution in [-0.4, -0.2) is 30.6 Å². The van der Waals surface area contributed by atoms with Crippen molar-refractivity contribution in [2.75, 3.05) is 25.0 Å². The number of carbonyl (C=O) groups is 1. The highest BCUT2D eigenvalue weighted by Crippen LogP contribution is 2.19. The van der Waals surface area contributed by atoms with Gasteiger partial charge in [0.2, 0.25) is 0 Å². The van der Waals surface area contributed by atoms with E-state index in [1.807, 2.05) is 6.08 Å². The van der Waals surface area contributed by atoms with Crippen LogP contribution in [0.4, 0.5) is 10.6 Å². The molecule has 0 bridgehead atoms. The van der Waals surface area contributed by atoms with Crippen LogP contribution in [0.5, 0.6) is 0 Å². The van der Waals surface area contributed by atoms with Crippen LogP contribution in [0.1, 0.15) is 43.9 Å². The van der Waals surface area contributed by atoms with Crippen molar-refractivity contribution in [2.24, 2.45) is 5.92 Å². The molecule has 0 radical (unpaired) electrons. The highest BCUT2D eigenvalue weighted by atomic mass is 16.2. The Balaban J connectivity index is 1.68. The van der Waals surface area contributed by atoms with Gasteiger partial charge in [0, 0.05) is 31.7 Å². The van der Waals surface area contributed by atoms with Crippen molar-refractivity contribution < 1.29 is 4.79 Å². The molecule has 0 saturated carbocycles. The van der Waals surface area contributed by atoms with E-state index in [-0.39, 0.29) is 6.03 Å². The van der Waals surface area contributed by atoms with E-state index in [1.54, 1.807) is 6.08 Å². The van der Waals surface area contributed by atoms with Crippen LogP contribution in [0.2, 0.25) is 0 Å². The van der Waals surface area contributed by atoms with Crippen LogP contribution >= 0.6 is 0 Å². The number of carbonyl (C=O) groups excluding carboxylic acids is 1. The summed E-state index contributed by atoms with van der Waals surface area (Å²) in [6, 6.07) is 4.14. The molecule has 0 aromatic carbocycles. The molecule has 1 aliphatic rings. The molecule has 26 heavy (non-hydrogen) atoms. The van der Waals surface area contributed by atoms with Crippen LogP contribution in [0.15, 0.2) is 36.9 Å². The maximum Gasteiger partial charge on any atom is 0.314 e. The molecule has 2 rings (SSSR count). The van der Waals surface area contributed by atoms with Crippen molar-refractivity contribution in [3.05, 3.63) is 48.2 Å². The molecule has 1 aliphatic heterocycles. The molecule has 5 heteroatoms. The highest BCUT2D eigenvalue weighted by Gasteiger charge is 2.09. The minimum absolute atomic E-state index is 0.116. The number of rotatable bonds is 8. The summed E-state index contributed by atoms with van der Waals surface area (Å²) in [5.41, 5.74) is 2.32. The molecule has 2 amide bonds. The van der Waals surface area contributed by atoms with Gasteiger partial charge in [-0.15, -0.1) is 0 Å². The molecular weight excluding hydrogens is 324 g/mol. The Morgan fingerprint density at radius 3 is 3.00 bits per heavy atom. The third-order valence-corrected chi connectivity index (χ3v) is 4.58. The topological polar surface area (TPSA) is 66.0 Å². The van der Waals surface area contributed by atoms with Crippen molar-refractivity contribution in [3.63, 3.8) is 0 Å². The fraction of sp³-hybridized carbons (Fsp3) is 0.524. The first-order chi connectivity index (χ1) is 12.7. The van der Waals surface area contributed by atoms with Crippen LogP contribution in [0.3, 0.4) is 0 Å². The maximum atomic E-state index is 11.9. The van der Waals surface area contributed by atoms with E-state index >= 15 is 0 Å². The van der Waals surface area contributed by atoms with E-state index in [0.717, 1.165) is 37.3 Å². The van der Waals surface area contributed by atoms with Crippen molar-refractivity contribution in [2.45, 2.75) is 45.4 Å². The first-order valence-corrected chi connectivity index (χ1v) is 9.72. The van der Waals surface area contributed by atoms with Crippen LogP contribution in [0, 0.1) is 5.92 Å². The molecule has 0 fully saturated rings. The van der Waals surface area contributed by atoms with Crippen LogP contribution < -0.4 is 16.0 Å². The van der Waals surface area contributed by atoms with Gasteiger partial charge in [-0.25, -0.2) is 9.78 Å². The molecule has 142 valence electrons. The summed E-state index contributed by atoms with van der Waals surface area (Å²) in [5.74, 6) is 1.45. The molecule has 0 aliphatic carbocycles. The number of amides is 2. The molecule has 1 aromatic heterocycles. The minimum atomic E-state index is -0.116. The Hall–Kier alpha value is -2.30. The Morgan fingerprint density at radius 1 is 1.31 bits per heavy atom. The van der Waals surface area contributed by atoms with Crippen molar-refractivity contribution in [1.82, 2.24) is 15.6 Å². The molecule has 1 atom stereocenters. The Labute approximate surface area is 157 Å². The van der Waals surface area contributed by atoms with E-state index in [1.165, 1.54) is 24.8 Å². The summed E-state index contributed by atoms with van der Waals surface area (Å²) in [6.07, 6.45) is 12.3. The second kappa shape index (κ2) is 11.3. The van der Waals surface area contributed by atoms with Crippen molar-refractivity contribution >= 4 is 11.8 Å². The summed E-state index contributed by atoms with van der Waals surface area (Å²) in [5, 5.41) is 9.24. The average Bonchev–Trinajstić information content (AvgIpc) is 2.61. The number of aromatic nitrogens is 1. The lowest BCUT2D eigenvalue weighted by atomic mass is 10.0. The first-order valence-electron chi connectivity index (χ1n) is 9.72. The van der Waals surface area contributed by atoms with E-state index in [4.69, 9.17) is 4.98 Å². The standard InChI is InChI=1S/C21H32N4O/c1-3-4-8-17(2)12-15-23-21(26)24-16-13-19-11-10-18-9-6-5-7-14-22-20(18)25-19/h3-4,8,10-11,17H,1,5-7,9,12-16H2,2H3,(H,22,25)(H2,23,24,26)/b8-4-. The molecular formula is C21H32N4O. The summed E-state index contributed by atoms with van der Waals surface area (Å²) >= 11 is 0. The Morgan fingerprint density at radius 2 is 2.15 bits per heavy atom. The lowest BCUT2D eigenvalue weighted by Crippen LogP contribution is -2.37. The Kier molecular flexibility index (Phi) is 8.73. The second-order valence-electron chi connectivity index (χ2n) is 6.87. The fourth-order valence-electron chi connectivity index (χ4n) is 2.99. The number of allylic oxidation sites excluding steroid dienone is 3. The van der Waals surface area contributed by atoms with Gasteiger partial charge in [-0.2, -0.15) is 0 Å². The van der Waals surface area contributed by atoms with Crippen molar-refractivity contribution in [3.8, 4) is 0 Å². The maximum absolute atomic E-state index is 11.9. The third kappa shape index (κ3) is 7.30. The smallest absolute Gasteiger partial charge is 0.314 e. The first kappa shape index (κ1) is 20.0. The second-order valence-corrected chi connectivity index (χ2v) is 6.87. The number of aryl methyl sites for hydroxylation is 1. The van der Waals surface area contributed by atoms with E-state index in [0.29, 0.717) is 19.0 Å². The van der Waals surface area contributed by atoms with Crippen LogP contribution in [0.25, 0.3) is 0 Å². The molecule has 2 heterocycles. The van der Waals surface area contributed by atoms with E-state index in [2.05, 4.69) is 47.7 Å². The van der Waals surface area contributed by atoms with Gasteiger partial charge < -0.3 is 16.0 Å². The largest absolute Gasteiger partial charge is 0.370 e. The number of urea groups is 1. The summed E-state index contributed by atoms with van der Waals surface area (Å²) in [4.78, 5) is 16.6. The number of anilines is 1. The summed E-state index contributed by atoms with van der Waals surface area (Å²) in [6.45, 7) is 8.02. The quantitative estimate of drug-likeness (QED) is 0.620. The number of nitrogens with one attached hydrogen (secondary N) is 3. The van der Waals surface area contributed by atoms with Gasteiger partial charge >= 0.3 is 6.03 Å². The number of hydrogen-bond donors (Lipinski definition) is 3. The van der Waals surface area contributed by atoms with Crippen molar-refractivity contribution in [1.29, 1.82) is 0 Å². The van der Waals surface area contributed by atoms with Gasteiger partial charge in [0.1, 0.15) is 5.82 Å². The molecule has 1 unspecified atom stereocenters. The van der Waals surface area contributed by atoms with Crippen LogP contribution in [-0.2, 0) is 12.8 Å². The number of hydrogen-bond acceptors (Lipinski definition) is 3. The lowest BCUT2D eigenvalue weighted by molar-refractivity contribution is 0.240. The minimum Gasteiger partial charge on any atom is -0.370 e. The monoisotopic (exact) mass is 356 g/mol. The number of fused-ring (bicyclic) bond motifs is 1. The van der Waals surface area contributed by atoms with Gasteiger partial charge in [0.25, 0.3) is 0 Å². The van der Waals surface area contributed by atoms with Gasteiger partial charge in [-0.3, -0.25) is 0 Å². The predicted molar refractivity (Wildman–Crippen MR) is 109 cm³/mol.